The normalized spacial score (nSPS) is 12.5. The molecule has 36 heavy (non-hydrogen) atoms. The molecule has 0 unspecified atom stereocenters. The number of aliphatic hydroxyl groups is 1. The van der Waals surface area contributed by atoms with E-state index in [1.54, 1.807) is 24.3 Å². The summed E-state index contributed by atoms with van der Waals surface area (Å²) in [5, 5.41) is 13.7. The highest BCUT2D eigenvalue weighted by molar-refractivity contribution is 7.81. The van der Waals surface area contributed by atoms with Gasteiger partial charge in [-0.1, -0.05) is 48.5 Å². The molecule has 0 fully saturated rings. The lowest BCUT2D eigenvalue weighted by Gasteiger charge is -2.27. The van der Waals surface area contributed by atoms with E-state index in [9.17, 15) is 9.59 Å². The fraction of sp³-hybridized carbons (Fsp3) is 0.333. The highest BCUT2D eigenvalue weighted by atomic mass is 32.1. The molecule has 0 radical (unpaired) electrons. The van der Waals surface area contributed by atoms with Crippen molar-refractivity contribution in [1.29, 1.82) is 0 Å². The number of rotatable bonds is 13. The minimum absolute atomic E-state index is 0.0258. The summed E-state index contributed by atoms with van der Waals surface area (Å²) < 4.78 is 22.4. The van der Waals surface area contributed by atoms with Gasteiger partial charge >= 0.3 is 12.1 Å². The Balaban J connectivity index is 1.82. The molecule has 192 valence electrons. The van der Waals surface area contributed by atoms with Crippen molar-refractivity contribution in [3.8, 4) is 5.75 Å². The van der Waals surface area contributed by atoms with E-state index in [-0.39, 0.29) is 25.6 Å². The predicted molar refractivity (Wildman–Crippen MR) is 141 cm³/mol. The van der Waals surface area contributed by atoms with Crippen LogP contribution < -0.4 is 10.1 Å². The van der Waals surface area contributed by atoms with Crippen LogP contribution in [0.1, 0.15) is 25.0 Å². The maximum atomic E-state index is 13.0. The number of aliphatic hydroxyl groups excluding tert-OH is 1. The van der Waals surface area contributed by atoms with E-state index in [1.165, 1.54) is 0 Å². The minimum Gasteiger partial charge on any atom is -0.491 e. The molecule has 0 saturated heterocycles. The van der Waals surface area contributed by atoms with Gasteiger partial charge in [-0.05, 0) is 36.1 Å². The molecule has 1 amide bonds. The summed E-state index contributed by atoms with van der Waals surface area (Å²) in [5.74, 6) is 0.106. The van der Waals surface area contributed by atoms with Crippen LogP contribution in [0.3, 0.4) is 0 Å². The van der Waals surface area contributed by atoms with E-state index in [0.717, 1.165) is 10.8 Å². The van der Waals surface area contributed by atoms with Gasteiger partial charge in [-0.15, -0.1) is 0 Å². The van der Waals surface area contributed by atoms with Crippen molar-refractivity contribution in [3.05, 3.63) is 72.3 Å². The van der Waals surface area contributed by atoms with Crippen molar-refractivity contribution < 1.29 is 33.6 Å². The van der Waals surface area contributed by atoms with E-state index in [0.29, 0.717) is 30.0 Å². The average Bonchev–Trinajstić information content (AvgIpc) is 2.90. The molecule has 0 aliphatic carbocycles. The van der Waals surface area contributed by atoms with Crippen molar-refractivity contribution in [2.45, 2.75) is 25.6 Å². The summed E-state index contributed by atoms with van der Waals surface area (Å²) in [7, 11) is 0. The summed E-state index contributed by atoms with van der Waals surface area (Å²) in [6.07, 6.45) is -1.71. The first-order chi connectivity index (χ1) is 17.5. The molecule has 0 aromatic heterocycles. The number of hydrogen-bond donors (Lipinski definition) is 3. The summed E-state index contributed by atoms with van der Waals surface area (Å²) >= 11 is 3.92. The number of ether oxygens (including phenoxy) is 4. The summed E-state index contributed by atoms with van der Waals surface area (Å²) in [6, 6.07) is 20.4. The van der Waals surface area contributed by atoms with Gasteiger partial charge in [0.05, 0.1) is 24.7 Å². The number of anilines is 1. The first-order valence-corrected chi connectivity index (χ1v) is 12.4. The van der Waals surface area contributed by atoms with Gasteiger partial charge in [-0.2, -0.15) is 12.6 Å². The molecule has 9 heteroatoms. The number of thiol groups is 1. The summed E-state index contributed by atoms with van der Waals surface area (Å²) in [5.41, 5.74) is 1.30. The fourth-order valence-corrected chi connectivity index (χ4v) is 3.83. The van der Waals surface area contributed by atoms with Crippen molar-refractivity contribution in [2.75, 3.05) is 37.5 Å². The monoisotopic (exact) mass is 513 g/mol. The topological polar surface area (TPSA) is 103 Å². The van der Waals surface area contributed by atoms with Crippen molar-refractivity contribution in [2.24, 2.45) is 0 Å². The molecule has 2 atom stereocenters. The third kappa shape index (κ3) is 7.87. The molecule has 0 aliphatic rings. The van der Waals surface area contributed by atoms with Crippen LogP contribution in [0, 0.1) is 0 Å². The smallest absolute Gasteiger partial charge is 0.412 e. The van der Waals surface area contributed by atoms with Gasteiger partial charge in [0.15, 0.2) is 6.10 Å². The Bertz CT molecular complexity index is 1120. The van der Waals surface area contributed by atoms with Crippen LogP contribution in [0.5, 0.6) is 5.75 Å². The number of nitrogens with one attached hydrogen (secondary N) is 1. The molecule has 0 aliphatic heterocycles. The Kier molecular flexibility index (Phi) is 10.9. The number of hydrogen-bond acceptors (Lipinski definition) is 8. The first-order valence-electron chi connectivity index (χ1n) is 11.7. The van der Waals surface area contributed by atoms with E-state index in [2.05, 4.69) is 17.9 Å². The highest BCUT2D eigenvalue weighted by Crippen LogP contribution is 2.29. The number of carbonyl (C=O) groups excluding carboxylic acids is 2. The number of fused-ring (bicyclic) bond motifs is 1. The lowest BCUT2D eigenvalue weighted by Crippen LogP contribution is -2.30. The van der Waals surface area contributed by atoms with Gasteiger partial charge in [-0.25, -0.2) is 4.79 Å². The molecule has 0 heterocycles. The molecule has 0 bridgehead atoms. The predicted octanol–water partition coefficient (Wildman–Crippen LogP) is 4.77. The zero-order valence-electron chi connectivity index (χ0n) is 20.1. The van der Waals surface area contributed by atoms with E-state index < -0.39 is 24.3 Å². The average molecular weight is 514 g/mol. The van der Waals surface area contributed by atoms with Crippen LogP contribution in [-0.2, 0) is 19.0 Å². The molecule has 3 rings (SSSR count). The maximum Gasteiger partial charge on any atom is 0.412 e. The quantitative estimate of drug-likeness (QED) is 0.223. The second-order valence-electron chi connectivity index (χ2n) is 7.78. The minimum atomic E-state index is -0.790. The van der Waals surface area contributed by atoms with Gasteiger partial charge in [0, 0.05) is 18.4 Å². The zero-order valence-corrected chi connectivity index (χ0v) is 21.0. The first kappa shape index (κ1) is 27.3. The van der Waals surface area contributed by atoms with Crippen LogP contribution in [0.25, 0.3) is 10.8 Å². The van der Waals surface area contributed by atoms with Crippen molar-refractivity contribution in [3.63, 3.8) is 0 Å². The molecular formula is C27H31NO7S. The Labute approximate surface area is 215 Å². The van der Waals surface area contributed by atoms with E-state index >= 15 is 0 Å². The number of amides is 1. The lowest BCUT2D eigenvalue weighted by molar-refractivity contribution is -0.142. The van der Waals surface area contributed by atoms with Crippen LogP contribution in [0.15, 0.2) is 66.7 Å². The second-order valence-corrected chi connectivity index (χ2v) is 8.10. The van der Waals surface area contributed by atoms with Gasteiger partial charge in [0.2, 0.25) is 0 Å². The van der Waals surface area contributed by atoms with Gasteiger partial charge in [-0.3, -0.25) is 10.1 Å². The van der Waals surface area contributed by atoms with Crippen molar-refractivity contribution in [1.82, 2.24) is 0 Å². The lowest BCUT2D eigenvalue weighted by atomic mass is 10.0. The molecule has 3 aromatic rings. The molecule has 0 spiro atoms. The zero-order chi connectivity index (χ0) is 25.8. The third-order valence-corrected chi connectivity index (χ3v) is 5.60. The Morgan fingerprint density at radius 1 is 1.00 bits per heavy atom. The van der Waals surface area contributed by atoms with E-state index in [4.69, 9.17) is 24.1 Å². The van der Waals surface area contributed by atoms with Gasteiger partial charge < -0.3 is 24.1 Å². The SMILES string of the molecule is CCO[C@H](CCOC(=O)CS)[C@H](OC(=O)Nc1cccc2ccccc12)c1ccc(OCCO)cc1. The van der Waals surface area contributed by atoms with Crippen LogP contribution >= 0.6 is 12.6 Å². The van der Waals surface area contributed by atoms with Gasteiger partial charge in [0.1, 0.15) is 18.5 Å². The molecule has 8 nitrogen and oxygen atoms in total. The molecule has 3 aromatic carbocycles. The second kappa shape index (κ2) is 14.3. The Hall–Kier alpha value is -3.27. The summed E-state index contributed by atoms with van der Waals surface area (Å²) in [4.78, 5) is 24.6. The molecular weight excluding hydrogens is 482 g/mol. The maximum absolute atomic E-state index is 13.0. The third-order valence-electron chi connectivity index (χ3n) is 5.34. The number of benzene rings is 3. The van der Waals surface area contributed by atoms with Crippen LogP contribution in [0.2, 0.25) is 0 Å². The highest BCUT2D eigenvalue weighted by Gasteiger charge is 2.28. The van der Waals surface area contributed by atoms with Crippen LogP contribution in [0.4, 0.5) is 10.5 Å². The largest absolute Gasteiger partial charge is 0.491 e. The molecule has 2 N–H and O–H groups in total. The van der Waals surface area contributed by atoms with Crippen LogP contribution in [-0.4, -0.2) is 55.5 Å². The van der Waals surface area contributed by atoms with E-state index in [1.807, 2.05) is 49.4 Å². The molecule has 0 saturated carbocycles. The number of esters is 1. The summed E-state index contributed by atoms with van der Waals surface area (Å²) in [6.45, 7) is 2.37. The fourth-order valence-electron chi connectivity index (χ4n) is 3.74. The Morgan fingerprint density at radius 2 is 1.75 bits per heavy atom. The Morgan fingerprint density at radius 3 is 2.47 bits per heavy atom. The van der Waals surface area contributed by atoms with Crippen molar-refractivity contribution >= 4 is 41.2 Å². The standard InChI is InChI=1S/C27H31NO7S/c1-2-32-24(14-16-34-25(30)18-36)26(20-10-12-21(13-11-20)33-17-15-29)35-27(31)28-23-9-5-7-19-6-3-4-8-22(19)23/h3-13,24,26,29,36H,2,14-18H2,1H3,(H,28,31)/t24-,26-/m1/s1. The van der Waals surface area contributed by atoms with Gasteiger partial charge in [0.25, 0.3) is 0 Å². The number of carbonyl (C=O) groups is 2.